The molecule has 0 aliphatic heterocycles. The van der Waals surface area contributed by atoms with Gasteiger partial charge in [-0.25, -0.2) is 0 Å². The fourth-order valence-electron chi connectivity index (χ4n) is 0.461. The van der Waals surface area contributed by atoms with Gasteiger partial charge in [0.25, 0.3) is 0 Å². The lowest BCUT2D eigenvalue weighted by molar-refractivity contribution is 0.215. The monoisotopic (exact) mass is 172 g/mol. The first-order valence-corrected chi connectivity index (χ1v) is 7.45. The second-order valence-electron chi connectivity index (χ2n) is 4.59. The molecular weight excluding hydrogens is 152 g/mol. The van der Waals surface area contributed by atoms with E-state index < -0.39 is 8.32 Å². The van der Waals surface area contributed by atoms with Crippen molar-refractivity contribution in [1.82, 2.24) is 0 Å². The molecule has 0 aliphatic rings. The third-order valence-corrected chi connectivity index (χ3v) is 2.44. The maximum atomic E-state index is 5.75. The topological polar surface area (TPSA) is 9.23 Å². The van der Waals surface area contributed by atoms with Crippen LogP contribution >= 0.6 is 0 Å². The molecule has 1 nitrogen and oxygen atoms in total. The Bertz CT molecular complexity index is 133. The van der Waals surface area contributed by atoms with Crippen molar-refractivity contribution >= 4 is 8.32 Å². The molecule has 0 rings (SSSR count). The predicted octanol–water partition coefficient (Wildman–Crippen LogP) is 3.05. The highest BCUT2D eigenvalue weighted by Gasteiger charge is 2.20. The zero-order valence-electron chi connectivity index (χ0n) is 8.40. The summed E-state index contributed by atoms with van der Waals surface area (Å²) in [6.07, 6.45) is 1.95. The molecule has 0 radical (unpaired) electrons. The molecule has 0 N–H and O–H groups in total. The minimum Gasteiger partial charge on any atom is -0.417 e. The van der Waals surface area contributed by atoms with Crippen LogP contribution in [0.25, 0.3) is 0 Å². The smallest absolute Gasteiger partial charge is 0.183 e. The summed E-state index contributed by atoms with van der Waals surface area (Å²) in [7, 11) is -1.33. The van der Waals surface area contributed by atoms with Crippen molar-refractivity contribution in [2.75, 3.05) is 6.61 Å². The Kier molecular flexibility index (Phi) is 3.52. The van der Waals surface area contributed by atoms with Gasteiger partial charge in [0.15, 0.2) is 8.32 Å². The normalized spacial score (nSPS) is 13.2. The van der Waals surface area contributed by atoms with Gasteiger partial charge >= 0.3 is 0 Å². The SMILES string of the molecule is C=CC(C)(C)CO[Si](C)(C)C. The molecule has 0 saturated carbocycles. The first-order chi connectivity index (χ1) is 4.77. The molecule has 0 aromatic carbocycles. The second kappa shape index (κ2) is 3.54. The summed E-state index contributed by atoms with van der Waals surface area (Å²) in [4.78, 5) is 0. The van der Waals surface area contributed by atoms with Crippen molar-refractivity contribution in [1.29, 1.82) is 0 Å². The Morgan fingerprint density at radius 3 is 2.09 bits per heavy atom. The lowest BCUT2D eigenvalue weighted by Crippen LogP contribution is -2.30. The van der Waals surface area contributed by atoms with Crippen molar-refractivity contribution in [3.05, 3.63) is 12.7 Å². The molecule has 0 spiro atoms. The minimum absolute atomic E-state index is 0.125. The first kappa shape index (κ1) is 10.9. The summed E-state index contributed by atoms with van der Waals surface area (Å²) in [5.41, 5.74) is 0.125. The van der Waals surface area contributed by atoms with E-state index in [0.29, 0.717) is 0 Å². The van der Waals surface area contributed by atoms with Crippen LogP contribution < -0.4 is 0 Å². The van der Waals surface area contributed by atoms with Crippen LogP contribution in [-0.4, -0.2) is 14.9 Å². The first-order valence-electron chi connectivity index (χ1n) is 4.04. The van der Waals surface area contributed by atoms with E-state index in [0.717, 1.165) is 6.61 Å². The predicted molar refractivity (Wildman–Crippen MR) is 53.3 cm³/mol. The molecule has 0 amide bonds. The van der Waals surface area contributed by atoms with Crippen molar-refractivity contribution in [2.45, 2.75) is 33.5 Å². The van der Waals surface area contributed by atoms with Crippen LogP contribution in [0.3, 0.4) is 0 Å². The van der Waals surface area contributed by atoms with Crippen LogP contribution in [0.5, 0.6) is 0 Å². The van der Waals surface area contributed by atoms with E-state index in [1.54, 1.807) is 0 Å². The largest absolute Gasteiger partial charge is 0.417 e. The Morgan fingerprint density at radius 1 is 1.36 bits per heavy atom. The number of hydrogen-bond donors (Lipinski definition) is 0. The highest BCUT2D eigenvalue weighted by molar-refractivity contribution is 6.69. The van der Waals surface area contributed by atoms with Gasteiger partial charge in [-0.05, 0) is 19.6 Å². The van der Waals surface area contributed by atoms with E-state index in [1.165, 1.54) is 0 Å². The molecular formula is C9H20OSi. The fourth-order valence-corrected chi connectivity index (χ4v) is 1.27. The van der Waals surface area contributed by atoms with Crippen molar-refractivity contribution in [3.8, 4) is 0 Å². The van der Waals surface area contributed by atoms with Crippen molar-refractivity contribution in [2.24, 2.45) is 5.41 Å². The van der Waals surface area contributed by atoms with Gasteiger partial charge in [0.2, 0.25) is 0 Å². The van der Waals surface area contributed by atoms with Gasteiger partial charge in [0, 0.05) is 12.0 Å². The molecule has 2 heteroatoms. The van der Waals surface area contributed by atoms with Crippen LogP contribution in [0.1, 0.15) is 13.8 Å². The molecule has 0 aliphatic carbocycles. The Labute approximate surface area is 71.6 Å². The zero-order chi connectivity index (χ0) is 9.12. The molecule has 0 saturated heterocycles. The lowest BCUT2D eigenvalue weighted by atomic mass is 9.96. The molecule has 66 valence electrons. The van der Waals surface area contributed by atoms with Crippen LogP contribution in [-0.2, 0) is 4.43 Å². The number of rotatable bonds is 4. The van der Waals surface area contributed by atoms with E-state index in [-0.39, 0.29) is 5.41 Å². The quantitative estimate of drug-likeness (QED) is 0.468. The third-order valence-electron chi connectivity index (χ3n) is 1.43. The molecule has 0 aromatic rings. The summed E-state index contributed by atoms with van der Waals surface area (Å²) < 4.78 is 5.75. The van der Waals surface area contributed by atoms with E-state index in [2.05, 4.69) is 40.1 Å². The summed E-state index contributed by atoms with van der Waals surface area (Å²) in [6, 6.07) is 0. The van der Waals surface area contributed by atoms with E-state index >= 15 is 0 Å². The summed E-state index contributed by atoms with van der Waals surface area (Å²) in [5, 5.41) is 0. The molecule has 0 fully saturated rings. The van der Waals surface area contributed by atoms with E-state index in [9.17, 15) is 0 Å². The maximum Gasteiger partial charge on any atom is 0.183 e. The molecule has 0 bridgehead atoms. The Morgan fingerprint density at radius 2 is 1.82 bits per heavy atom. The van der Waals surface area contributed by atoms with Gasteiger partial charge in [-0.1, -0.05) is 19.9 Å². The molecule has 0 aromatic heterocycles. The fraction of sp³-hybridized carbons (Fsp3) is 0.778. The average Bonchev–Trinajstić information content (AvgIpc) is 1.83. The average molecular weight is 172 g/mol. The minimum atomic E-state index is -1.33. The Hall–Kier alpha value is -0.0831. The highest BCUT2D eigenvalue weighted by atomic mass is 28.4. The second-order valence-corrected chi connectivity index (χ2v) is 9.11. The standard InChI is InChI=1S/C9H20OSi/c1-7-9(2,3)8-10-11(4,5)6/h7H,1,8H2,2-6H3. The van der Waals surface area contributed by atoms with Crippen LogP contribution in [0.15, 0.2) is 12.7 Å². The maximum absolute atomic E-state index is 5.75. The third kappa shape index (κ3) is 6.32. The Balaban J connectivity index is 3.79. The summed E-state index contributed by atoms with van der Waals surface area (Å²) in [6.45, 7) is 15.4. The van der Waals surface area contributed by atoms with Gasteiger partial charge in [0.05, 0.1) is 0 Å². The summed E-state index contributed by atoms with van der Waals surface area (Å²) in [5.74, 6) is 0. The van der Waals surface area contributed by atoms with Crippen LogP contribution in [0, 0.1) is 5.41 Å². The van der Waals surface area contributed by atoms with Crippen LogP contribution in [0.4, 0.5) is 0 Å². The molecule has 0 atom stereocenters. The lowest BCUT2D eigenvalue weighted by Gasteiger charge is -2.25. The van der Waals surface area contributed by atoms with Gasteiger partial charge in [-0.3, -0.25) is 0 Å². The van der Waals surface area contributed by atoms with Gasteiger partial charge in [-0.15, -0.1) is 6.58 Å². The number of hydrogen-bond acceptors (Lipinski definition) is 1. The van der Waals surface area contributed by atoms with Gasteiger partial charge < -0.3 is 4.43 Å². The molecule has 0 unspecified atom stereocenters. The van der Waals surface area contributed by atoms with Gasteiger partial charge in [-0.2, -0.15) is 0 Å². The molecule has 11 heavy (non-hydrogen) atoms. The highest BCUT2D eigenvalue weighted by Crippen LogP contribution is 2.18. The zero-order valence-corrected chi connectivity index (χ0v) is 9.40. The molecule has 0 heterocycles. The summed E-state index contributed by atoms with van der Waals surface area (Å²) >= 11 is 0. The van der Waals surface area contributed by atoms with E-state index in [1.807, 2.05) is 6.08 Å². The van der Waals surface area contributed by atoms with Gasteiger partial charge in [0.1, 0.15) is 0 Å². The van der Waals surface area contributed by atoms with Crippen molar-refractivity contribution in [3.63, 3.8) is 0 Å². The van der Waals surface area contributed by atoms with E-state index in [4.69, 9.17) is 4.43 Å². The van der Waals surface area contributed by atoms with Crippen molar-refractivity contribution < 1.29 is 4.43 Å². The van der Waals surface area contributed by atoms with Crippen LogP contribution in [0.2, 0.25) is 19.6 Å².